The quantitative estimate of drug-likeness (QED) is 0.259. The average molecular weight is 626 g/mol. The van der Waals surface area contributed by atoms with E-state index in [9.17, 15) is 17.6 Å². The van der Waals surface area contributed by atoms with Crippen LogP contribution >= 0.6 is 11.9 Å². The smallest absolute Gasteiger partial charge is 0.260 e. The topological polar surface area (TPSA) is 101 Å². The Hall–Kier alpha value is -3.35. The van der Waals surface area contributed by atoms with Gasteiger partial charge < -0.3 is 18.6 Å². The van der Waals surface area contributed by atoms with Gasteiger partial charge in [-0.05, 0) is 67.5 Å². The third-order valence-corrected chi connectivity index (χ3v) is 11.2. The van der Waals surface area contributed by atoms with Crippen molar-refractivity contribution in [2.75, 3.05) is 37.7 Å². The highest BCUT2D eigenvalue weighted by Crippen LogP contribution is 2.43. The van der Waals surface area contributed by atoms with Crippen LogP contribution in [0.15, 0.2) is 52.0 Å². The third kappa shape index (κ3) is 5.44. The van der Waals surface area contributed by atoms with Crippen LogP contribution in [0.5, 0.6) is 0 Å². The number of hydrogen-bond donors (Lipinski definition) is 1. The fraction of sp³-hybridized carbons (Fsp3) is 0.419. The van der Waals surface area contributed by atoms with E-state index < -0.39 is 10.0 Å². The minimum Gasteiger partial charge on any atom is -0.455 e. The lowest BCUT2D eigenvalue weighted by Crippen LogP contribution is -2.40. The van der Waals surface area contributed by atoms with Crippen LogP contribution in [0.4, 0.5) is 10.1 Å². The maximum atomic E-state index is 14.0. The van der Waals surface area contributed by atoms with E-state index in [4.69, 9.17) is 4.42 Å². The van der Waals surface area contributed by atoms with Crippen molar-refractivity contribution in [2.24, 2.45) is 0 Å². The van der Waals surface area contributed by atoms with Gasteiger partial charge in [0.05, 0.1) is 17.4 Å². The lowest BCUT2D eigenvalue weighted by atomic mass is 9.89. The molecule has 2 aliphatic heterocycles. The lowest BCUT2D eigenvalue weighted by molar-refractivity contribution is 0.0964. The summed E-state index contributed by atoms with van der Waals surface area (Å²) in [6.07, 6.45) is 8.83. The van der Waals surface area contributed by atoms with Gasteiger partial charge >= 0.3 is 0 Å². The first-order chi connectivity index (χ1) is 20.7. The number of hydrogen-bond acceptors (Lipinski definition) is 7. The Balaban J connectivity index is 1.43. The van der Waals surface area contributed by atoms with Crippen LogP contribution < -0.4 is 9.62 Å². The van der Waals surface area contributed by atoms with Gasteiger partial charge in [0.25, 0.3) is 15.9 Å². The van der Waals surface area contributed by atoms with E-state index in [-0.39, 0.29) is 22.7 Å². The number of nitrogens with one attached hydrogen (secondary N) is 1. The summed E-state index contributed by atoms with van der Waals surface area (Å²) < 4.78 is 53.5. The predicted molar refractivity (Wildman–Crippen MR) is 167 cm³/mol. The highest BCUT2D eigenvalue weighted by Gasteiger charge is 2.36. The number of aryl methyl sites for hydroxylation is 1. The molecule has 1 N–H and O–H groups in total. The van der Waals surface area contributed by atoms with Crippen LogP contribution in [0.1, 0.15) is 59.8 Å². The van der Waals surface area contributed by atoms with Gasteiger partial charge in [-0.3, -0.25) is 4.79 Å². The van der Waals surface area contributed by atoms with Crippen molar-refractivity contribution in [3.05, 3.63) is 65.4 Å². The van der Waals surface area contributed by atoms with E-state index in [1.165, 1.54) is 30.3 Å². The van der Waals surface area contributed by atoms with Crippen LogP contribution in [0, 0.1) is 5.82 Å². The summed E-state index contributed by atoms with van der Waals surface area (Å²) in [5, 5.41) is 3.63. The van der Waals surface area contributed by atoms with Crippen LogP contribution in [0.2, 0.25) is 0 Å². The van der Waals surface area contributed by atoms with Crippen LogP contribution in [0.25, 0.3) is 22.3 Å². The molecule has 2 aromatic heterocycles. The van der Waals surface area contributed by atoms with Crippen molar-refractivity contribution in [3.8, 4) is 11.3 Å². The Morgan fingerprint density at radius 1 is 1.14 bits per heavy atom. The van der Waals surface area contributed by atoms with Crippen LogP contribution in [0.3, 0.4) is 0 Å². The van der Waals surface area contributed by atoms with Gasteiger partial charge in [0, 0.05) is 63.4 Å². The Morgan fingerprint density at radius 2 is 1.93 bits per heavy atom. The molecule has 1 atom stereocenters. The molecule has 0 spiro atoms. The molecule has 9 nitrogen and oxygen atoms in total. The molecule has 4 aromatic rings. The maximum Gasteiger partial charge on any atom is 0.260 e. The number of piperidine rings is 1. The number of fused-ring (bicyclic) bond motifs is 2. The molecular formula is C31H36FN5O4S2. The number of halogens is 1. The van der Waals surface area contributed by atoms with Crippen molar-refractivity contribution >= 4 is 44.5 Å². The number of furan rings is 1. The predicted octanol–water partition coefficient (Wildman–Crippen LogP) is 5.80. The second-order valence-electron chi connectivity index (χ2n) is 11.2. The number of imidazole rings is 1. The van der Waals surface area contributed by atoms with E-state index >= 15 is 0 Å². The Kier molecular flexibility index (Phi) is 8.27. The SMILES string of the molecule is CNC(=O)c1c(-c2ccc(F)cc2)oc2cc(N(C)SC)c([C@@H]3CCCN(S(=O)(=O)c4cnc5n4CCCCC5)C3)cc12. The molecule has 4 heterocycles. The number of benzene rings is 2. The molecule has 0 bridgehead atoms. The van der Waals surface area contributed by atoms with Crippen LogP contribution in [-0.4, -0.2) is 61.6 Å². The van der Waals surface area contributed by atoms with Gasteiger partial charge in [-0.1, -0.05) is 18.4 Å². The summed E-state index contributed by atoms with van der Waals surface area (Å²) in [6.45, 7) is 1.43. The Bertz CT molecular complexity index is 1770. The molecule has 1 fully saturated rings. The fourth-order valence-electron chi connectivity index (χ4n) is 6.32. The zero-order valence-electron chi connectivity index (χ0n) is 24.6. The Labute approximate surface area is 255 Å². The maximum absolute atomic E-state index is 14.0. The van der Waals surface area contributed by atoms with Crippen molar-refractivity contribution in [2.45, 2.75) is 56.0 Å². The number of sulfonamides is 1. The summed E-state index contributed by atoms with van der Waals surface area (Å²) in [5.74, 6) is 0.405. The minimum absolute atomic E-state index is 0.106. The van der Waals surface area contributed by atoms with Crippen molar-refractivity contribution < 1.29 is 22.0 Å². The van der Waals surface area contributed by atoms with Crippen molar-refractivity contribution in [1.82, 2.24) is 19.2 Å². The van der Waals surface area contributed by atoms with Crippen molar-refractivity contribution in [3.63, 3.8) is 0 Å². The third-order valence-electron chi connectivity index (χ3n) is 8.62. The summed E-state index contributed by atoms with van der Waals surface area (Å²) in [7, 11) is -0.239. The van der Waals surface area contributed by atoms with E-state index in [2.05, 4.69) is 10.3 Å². The zero-order valence-corrected chi connectivity index (χ0v) is 26.2. The number of rotatable bonds is 7. The summed E-state index contributed by atoms with van der Waals surface area (Å²) in [4.78, 5) is 17.7. The van der Waals surface area contributed by atoms with E-state index in [1.54, 1.807) is 23.5 Å². The number of anilines is 1. The molecule has 1 saturated heterocycles. The molecular weight excluding hydrogens is 590 g/mol. The summed E-state index contributed by atoms with van der Waals surface area (Å²) >= 11 is 1.53. The first-order valence-electron chi connectivity index (χ1n) is 14.6. The van der Waals surface area contributed by atoms with Gasteiger partial charge in [-0.25, -0.2) is 17.8 Å². The highest BCUT2D eigenvalue weighted by atomic mass is 32.2. The molecule has 0 saturated carbocycles. The van der Waals surface area contributed by atoms with Gasteiger partial charge in [0.1, 0.15) is 23.0 Å². The van der Waals surface area contributed by atoms with Gasteiger partial charge in [-0.15, -0.1) is 0 Å². The number of carbonyl (C=O) groups excluding carboxylic acids is 1. The normalized spacial score (nSPS) is 17.9. The molecule has 228 valence electrons. The van der Waals surface area contributed by atoms with E-state index in [0.29, 0.717) is 53.9 Å². The highest BCUT2D eigenvalue weighted by molar-refractivity contribution is 7.99. The molecule has 0 unspecified atom stereocenters. The first kappa shape index (κ1) is 29.7. The molecule has 6 rings (SSSR count). The second kappa shape index (κ2) is 12.0. The van der Waals surface area contributed by atoms with Gasteiger partial charge in [-0.2, -0.15) is 4.31 Å². The van der Waals surface area contributed by atoms with Crippen LogP contribution in [-0.2, 0) is 23.0 Å². The molecule has 12 heteroatoms. The molecule has 2 aromatic carbocycles. The van der Waals surface area contributed by atoms with Crippen molar-refractivity contribution in [1.29, 1.82) is 0 Å². The number of carbonyl (C=O) groups is 1. The second-order valence-corrected chi connectivity index (χ2v) is 14.0. The zero-order chi connectivity index (χ0) is 30.3. The largest absolute Gasteiger partial charge is 0.455 e. The van der Waals surface area contributed by atoms with Gasteiger partial charge in [0.2, 0.25) is 0 Å². The lowest BCUT2D eigenvalue weighted by Gasteiger charge is -2.34. The molecule has 0 radical (unpaired) electrons. The van der Waals surface area contributed by atoms with E-state index in [0.717, 1.165) is 49.2 Å². The number of aromatic nitrogens is 2. The monoisotopic (exact) mass is 625 g/mol. The van der Waals surface area contributed by atoms with E-state index in [1.807, 2.05) is 34.3 Å². The fourth-order valence-corrected chi connectivity index (χ4v) is 8.35. The molecule has 1 amide bonds. The molecule has 43 heavy (non-hydrogen) atoms. The average Bonchev–Trinajstić information content (AvgIpc) is 3.53. The number of amides is 1. The summed E-state index contributed by atoms with van der Waals surface area (Å²) in [6, 6.07) is 9.76. The molecule has 0 aliphatic carbocycles. The first-order valence-corrected chi connectivity index (χ1v) is 17.3. The Morgan fingerprint density at radius 3 is 2.67 bits per heavy atom. The summed E-state index contributed by atoms with van der Waals surface area (Å²) in [5.41, 5.74) is 3.33. The minimum atomic E-state index is -3.76. The van der Waals surface area contributed by atoms with Gasteiger partial charge in [0.15, 0.2) is 5.03 Å². The molecule has 2 aliphatic rings. The standard InChI is InChI=1S/C31H36FN5O4S2/c1-33-31(38)29-24-16-23(25(35(2)42-3)17-26(24)41-30(29)20-10-12-22(32)13-11-20)21-8-7-14-36(19-21)43(39,40)28-18-34-27-9-5-4-6-15-37(27)28/h10-13,16-18,21H,4-9,14-15,19H2,1-3H3,(H,33,38)/t21-/m1/s1. The number of nitrogens with zero attached hydrogens (tertiary/aromatic N) is 4.